The first-order valence-corrected chi connectivity index (χ1v) is 5.01. The summed E-state index contributed by atoms with van der Waals surface area (Å²) in [6.07, 6.45) is -1.48. The molecule has 0 spiro atoms. The van der Waals surface area contributed by atoms with Gasteiger partial charge in [-0.2, -0.15) is 5.10 Å². The van der Waals surface area contributed by atoms with E-state index in [2.05, 4.69) is 9.84 Å². The third-order valence-electron chi connectivity index (χ3n) is 1.99. The first-order valence-electron chi connectivity index (χ1n) is 5.01. The summed E-state index contributed by atoms with van der Waals surface area (Å²) in [4.78, 5) is 11.4. The molecule has 0 aliphatic heterocycles. The van der Waals surface area contributed by atoms with Gasteiger partial charge in [-0.3, -0.25) is 4.68 Å². The molecule has 16 heavy (non-hydrogen) atoms. The Morgan fingerprint density at radius 3 is 2.62 bits per heavy atom. The van der Waals surface area contributed by atoms with E-state index in [0.717, 1.165) is 0 Å². The van der Waals surface area contributed by atoms with E-state index >= 15 is 0 Å². The molecule has 4 nitrogen and oxygen atoms in total. The number of carbonyl (C=O) groups is 1. The minimum atomic E-state index is -2.78. The number of halogens is 2. The maximum absolute atomic E-state index is 12.6. The molecule has 0 aliphatic rings. The molecule has 0 aromatic carbocycles. The van der Waals surface area contributed by atoms with Gasteiger partial charge in [0.15, 0.2) is 0 Å². The summed E-state index contributed by atoms with van der Waals surface area (Å²) >= 11 is 0. The van der Waals surface area contributed by atoms with Crippen LogP contribution in [0.25, 0.3) is 0 Å². The van der Waals surface area contributed by atoms with E-state index in [1.165, 1.54) is 10.9 Å². The van der Waals surface area contributed by atoms with Crippen LogP contribution in [0.3, 0.4) is 0 Å². The average molecular weight is 232 g/mol. The number of alkyl halides is 2. The normalized spacial score (nSPS) is 11.2. The smallest absolute Gasteiger partial charge is 0.341 e. The van der Waals surface area contributed by atoms with Crippen molar-refractivity contribution >= 4 is 5.97 Å². The van der Waals surface area contributed by atoms with Gasteiger partial charge < -0.3 is 4.74 Å². The van der Waals surface area contributed by atoms with Gasteiger partial charge in [-0.25, -0.2) is 13.6 Å². The Labute approximate surface area is 92.2 Å². The molecule has 1 heterocycles. The minimum Gasteiger partial charge on any atom is -0.462 e. The quantitative estimate of drug-likeness (QED) is 0.749. The van der Waals surface area contributed by atoms with Crippen LogP contribution in [0.4, 0.5) is 8.78 Å². The van der Waals surface area contributed by atoms with Gasteiger partial charge in [-0.1, -0.05) is 0 Å². The van der Waals surface area contributed by atoms with Crippen LogP contribution < -0.4 is 0 Å². The number of ether oxygens (including phenoxy) is 1. The number of hydrogen-bond donors (Lipinski definition) is 0. The zero-order valence-electron chi connectivity index (χ0n) is 9.41. The van der Waals surface area contributed by atoms with Crippen LogP contribution in [0.1, 0.15) is 49.3 Å². The van der Waals surface area contributed by atoms with Crippen molar-refractivity contribution < 1.29 is 18.3 Å². The maximum Gasteiger partial charge on any atom is 0.341 e. The molecule has 0 N–H and O–H groups in total. The zero-order chi connectivity index (χ0) is 12.3. The lowest BCUT2D eigenvalue weighted by Gasteiger charge is -2.02. The van der Waals surface area contributed by atoms with E-state index in [1.807, 2.05) is 0 Å². The van der Waals surface area contributed by atoms with Crippen LogP contribution in [0.5, 0.6) is 0 Å². The summed E-state index contributed by atoms with van der Waals surface area (Å²) in [5.74, 6) is -0.760. The highest BCUT2D eigenvalue weighted by Crippen LogP contribution is 2.23. The summed E-state index contributed by atoms with van der Waals surface area (Å²) in [6.45, 7) is 5.34. The fourth-order valence-electron chi connectivity index (χ4n) is 1.20. The third-order valence-corrected chi connectivity index (χ3v) is 1.99. The fraction of sp³-hybridized carbons (Fsp3) is 0.600. The molecule has 0 amide bonds. The van der Waals surface area contributed by atoms with Crippen molar-refractivity contribution in [2.24, 2.45) is 0 Å². The molecular formula is C10H14F2N2O2. The molecule has 0 saturated heterocycles. The average Bonchev–Trinajstić information content (AvgIpc) is 2.62. The number of hydrogen-bond acceptors (Lipinski definition) is 3. The second-order valence-corrected chi connectivity index (χ2v) is 3.52. The van der Waals surface area contributed by atoms with Crippen LogP contribution in [0, 0.1) is 0 Å². The monoisotopic (exact) mass is 232 g/mol. The van der Waals surface area contributed by atoms with E-state index < -0.39 is 18.1 Å². The molecule has 0 atom stereocenters. The molecule has 1 aromatic heterocycles. The summed E-state index contributed by atoms with van der Waals surface area (Å²) in [5, 5.41) is 3.68. The third kappa shape index (κ3) is 2.56. The van der Waals surface area contributed by atoms with Crippen LogP contribution in [-0.2, 0) is 4.74 Å². The second kappa shape index (κ2) is 5.05. The Bertz CT molecular complexity index is 375. The first-order chi connectivity index (χ1) is 7.47. The van der Waals surface area contributed by atoms with Crippen molar-refractivity contribution in [3.63, 3.8) is 0 Å². The first kappa shape index (κ1) is 12.6. The Hall–Kier alpha value is -1.46. The predicted molar refractivity (Wildman–Crippen MR) is 53.5 cm³/mol. The maximum atomic E-state index is 12.6. The Balaban J connectivity index is 3.10. The highest BCUT2D eigenvalue weighted by Gasteiger charge is 2.24. The van der Waals surface area contributed by atoms with E-state index in [0.29, 0.717) is 0 Å². The zero-order valence-corrected chi connectivity index (χ0v) is 9.41. The van der Waals surface area contributed by atoms with Gasteiger partial charge in [0, 0.05) is 12.2 Å². The number of esters is 1. The predicted octanol–water partition coefficient (Wildman–Crippen LogP) is 2.58. The molecule has 0 aliphatic carbocycles. The van der Waals surface area contributed by atoms with E-state index in [9.17, 15) is 13.6 Å². The van der Waals surface area contributed by atoms with Crippen LogP contribution in [-0.4, -0.2) is 22.4 Å². The van der Waals surface area contributed by atoms with Crippen molar-refractivity contribution in [1.29, 1.82) is 0 Å². The van der Waals surface area contributed by atoms with Crippen LogP contribution >= 0.6 is 0 Å². The number of nitrogens with zero attached hydrogens (tertiary/aromatic N) is 2. The van der Waals surface area contributed by atoms with Crippen LogP contribution in [0.2, 0.25) is 0 Å². The van der Waals surface area contributed by atoms with Crippen molar-refractivity contribution in [3.8, 4) is 0 Å². The molecular weight excluding hydrogens is 218 g/mol. The van der Waals surface area contributed by atoms with Crippen molar-refractivity contribution in [2.45, 2.75) is 33.2 Å². The van der Waals surface area contributed by atoms with Crippen molar-refractivity contribution in [3.05, 3.63) is 17.5 Å². The molecule has 90 valence electrons. The van der Waals surface area contributed by atoms with Gasteiger partial charge in [0.1, 0.15) is 11.3 Å². The largest absolute Gasteiger partial charge is 0.462 e. The van der Waals surface area contributed by atoms with E-state index in [4.69, 9.17) is 0 Å². The summed E-state index contributed by atoms with van der Waals surface area (Å²) < 4.78 is 31.3. The van der Waals surface area contributed by atoms with E-state index in [-0.39, 0.29) is 18.2 Å². The van der Waals surface area contributed by atoms with Crippen molar-refractivity contribution in [1.82, 2.24) is 9.78 Å². The second-order valence-electron chi connectivity index (χ2n) is 3.52. The molecule has 1 aromatic rings. The van der Waals surface area contributed by atoms with Crippen LogP contribution in [0.15, 0.2) is 6.20 Å². The molecule has 6 heteroatoms. The Morgan fingerprint density at radius 1 is 1.56 bits per heavy atom. The molecule has 0 fully saturated rings. The van der Waals surface area contributed by atoms with Gasteiger partial charge >= 0.3 is 5.97 Å². The molecule has 0 bridgehead atoms. The Kier molecular flexibility index (Phi) is 3.98. The fourth-order valence-corrected chi connectivity index (χ4v) is 1.20. The highest BCUT2D eigenvalue weighted by atomic mass is 19.3. The van der Waals surface area contributed by atoms with Gasteiger partial charge in [0.2, 0.25) is 0 Å². The summed E-state index contributed by atoms with van der Waals surface area (Å²) in [5.41, 5.74) is -0.683. The molecule has 0 unspecified atom stereocenters. The lowest BCUT2D eigenvalue weighted by atomic mass is 10.2. The number of aromatic nitrogens is 2. The highest BCUT2D eigenvalue weighted by molar-refractivity contribution is 5.90. The topological polar surface area (TPSA) is 44.1 Å². The van der Waals surface area contributed by atoms with Gasteiger partial charge in [0.05, 0.1) is 6.61 Å². The SMILES string of the molecule is CCOC(=O)c1cn(C(C)C)nc1C(F)F. The molecule has 0 saturated carbocycles. The lowest BCUT2D eigenvalue weighted by molar-refractivity contribution is 0.0515. The number of rotatable bonds is 4. The Morgan fingerprint density at radius 2 is 2.19 bits per heavy atom. The van der Waals surface area contributed by atoms with Gasteiger partial charge in [-0.05, 0) is 20.8 Å². The minimum absolute atomic E-state index is 0.0827. The standard InChI is InChI=1S/C10H14F2N2O2/c1-4-16-10(15)7-5-14(6(2)3)13-8(7)9(11)12/h5-6,9H,4H2,1-3H3. The lowest BCUT2D eigenvalue weighted by Crippen LogP contribution is -2.06. The molecule has 0 radical (unpaired) electrons. The number of carbonyl (C=O) groups excluding carboxylic acids is 1. The van der Waals surface area contributed by atoms with Gasteiger partial charge in [-0.15, -0.1) is 0 Å². The summed E-state index contributed by atoms with van der Waals surface area (Å²) in [6, 6.07) is -0.0827. The van der Waals surface area contributed by atoms with E-state index in [1.54, 1.807) is 20.8 Å². The van der Waals surface area contributed by atoms with Gasteiger partial charge in [0.25, 0.3) is 6.43 Å². The van der Waals surface area contributed by atoms with Crippen molar-refractivity contribution in [2.75, 3.05) is 6.61 Å². The molecule has 1 rings (SSSR count). The summed E-state index contributed by atoms with van der Waals surface area (Å²) in [7, 11) is 0.